The van der Waals surface area contributed by atoms with Gasteiger partial charge in [-0.15, -0.1) is 0 Å². The van der Waals surface area contributed by atoms with E-state index in [1.165, 1.54) is 0 Å². The van der Waals surface area contributed by atoms with Crippen LogP contribution >= 0.6 is 34.8 Å². The minimum atomic E-state index is -0.320. The van der Waals surface area contributed by atoms with Gasteiger partial charge in [0.1, 0.15) is 0 Å². The van der Waals surface area contributed by atoms with E-state index in [1.54, 1.807) is 36.2 Å². The average Bonchev–Trinajstić information content (AvgIpc) is 2.58. The van der Waals surface area contributed by atoms with Crippen molar-refractivity contribution in [3.8, 4) is 0 Å². The van der Waals surface area contributed by atoms with E-state index in [0.717, 1.165) is 5.56 Å². The quantitative estimate of drug-likeness (QED) is 0.687. The van der Waals surface area contributed by atoms with Gasteiger partial charge in [-0.1, -0.05) is 59.1 Å². The number of nitrogens with one attached hydrogen (secondary N) is 2. The standard InChI is InChI=1S/C19H20Cl3N3O2/c1-12(13-6-3-4-7-14(13)20)23-17(26)10-25(2)11-18(27)24-19-15(21)8-5-9-16(19)22/h3-9,12H,10-11H2,1-2H3,(H,23,26)(H,24,27). The lowest BCUT2D eigenvalue weighted by Gasteiger charge is -2.20. The SMILES string of the molecule is CC(NC(=O)CN(C)CC(=O)Nc1c(Cl)cccc1Cl)c1ccccc1Cl. The summed E-state index contributed by atoms with van der Waals surface area (Å²) < 4.78 is 0. The summed E-state index contributed by atoms with van der Waals surface area (Å²) in [6, 6.07) is 12.0. The number of hydrogen-bond donors (Lipinski definition) is 2. The average molecular weight is 429 g/mol. The predicted octanol–water partition coefficient (Wildman–Crippen LogP) is 4.39. The normalized spacial score (nSPS) is 11.9. The third-order valence-electron chi connectivity index (χ3n) is 3.80. The largest absolute Gasteiger partial charge is 0.348 e. The summed E-state index contributed by atoms with van der Waals surface area (Å²) in [5.74, 6) is -0.534. The second-order valence-electron chi connectivity index (χ2n) is 6.13. The molecule has 0 aromatic heterocycles. The van der Waals surface area contributed by atoms with E-state index in [1.807, 2.05) is 25.1 Å². The van der Waals surface area contributed by atoms with Crippen molar-refractivity contribution in [1.29, 1.82) is 0 Å². The van der Waals surface area contributed by atoms with Crippen molar-refractivity contribution < 1.29 is 9.59 Å². The molecule has 0 radical (unpaired) electrons. The van der Waals surface area contributed by atoms with Crippen LogP contribution in [0, 0.1) is 0 Å². The number of nitrogens with zero attached hydrogens (tertiary/aromatic N) is 1. The molecule has 2 aromatic carbocycles. The molecule has 2 aromatic rings. The van der Waals surface area contributed by atoms with E-state index in [0.29, 0.717) is 20.8 Å². The van der Waals surface area contributed by atoms with Gasteiger partial charge in [0, 0.05) is 5.02 Å². The monoisotopic (exact) mass is 427 g/mol. The highest BCUT2D eigenvalue weighted by Gasteiger charge is 2.16. The van der Waals surface area contributed by atoms with E-state index in [-0.39, 0.29) is 30.9 Å². The first-order valence-electron chi connectivity index (χ1n) is 8.24. The Kier molecular flexibility index (Phi) is 7.92. The van der Waals surface area contributed by atoms with Crippen LogP contribution in [0.2, 0.25) is 15.1 Å². The maximum atomic E-state index is 12.2. The summed E-state index contributed by atoms with van der Waals surface area (Å²) in [4.78, 5) is 26.0. The minimum Gasteiger partial charge on any atom is -0.348 e. The zero-order chi connectivity index (χ0) is 20.0. The lowest BCUT2D eigenvalue weighted by atomic mass is 10.1. The molecule has 0 fully saturated rings. The van der Waals surface area contributed by atoms with Crippen LogP contribution in [0.5, 0.6) is 0 Å². The topological polar surface area (TPSA) is 61.4 Å². The minimum absolute atomic E-state index is 0.00937. The number of para-hydroxylation sites is 1. The molecule has 144 valence electrons. The first-order chi connectivity index (χ1) is 12.8. The molecule has 0 aliphatic carbocycles. The van der Waals surface area contributed by atoms with Gasteiger partial charge in [-0.25, -0.2) is 0 Å². The number of halogens is 3. The lowest BCUT2D eigenvalue weighted by molar-refractivity contribution is -0.123. The molecule has 0 bridgehead atoms. The number of benzene rings is 2. The molecule has 1 unspecified atom stereocenters. The van der Waals surface area contributed by atoms with Crippen molar-refractivity contribution >= 4 is 52.3 Å². The zero-order valence-corrected chi connectivity index (χ0v) is 17.2. The Balaban J connectivity index is 1.86. The maximum absolute atomic E-state index is 12.2. The molecule has 0 saturated heterocycles. The first-order valence-corrected chi connectivity index (χ1v) is 9.37. The highest BCUT2D eigenvalue weighted by atomic mass is 35.5. The Hall–Kier alpha value is -1.79. The molecule has 27 heavy (non-hydrogen) atoms. The second kappa shape index (κ2) is 9.95. The number of hydrogen-bond acceptors (Lipinski definition) is 3. The van der Waals surface area contributed by atoms with Crippen LogP contribution < -0.4 is 10.6 Å². The Bertz CT molecular complexity index is 809. The Morgan fingerprint density at radius 3 is 2.11 bits per heavy atom. The summed E-state index contributed by atoms with van der Waals surface area (Å²) in [6.07, 6.45) is 0. The number of carbonyl (C=O) groups is 2. The smallest absolute Gasteiger partial charge is 0.238 e. The number of likely N-dealkylation sites (N-methyl/N-ethyl adjacent to an activating group) is 1. The van der Waals surface area contributed by atoms with Crippen molar-refractivity contribution in [3.05, 3.63) is 63.1 Å². The van der Waals surface area contributed by atoms with Crippen LogP contribution in [0.4, 0.5) is 5.69 Å². The van der Waals surface area contributed by atoms with Crippen molar-refractivity contribution in [2.45, 2.75) is 13.0 Å². The first kappa shape index (κ1) is 21.5. The third kappa shape index (κ3) is 6.40. The maximum Gasteiger partial charge on any atom is 0.238 e. The van der Waals surface area contributed by atoms with Gasteiger partial charge >= 0.3 is 0 Å². The van der Waals surface area contributed by atoms with E-state index < -0.39 is 0 Å². The van der Waals surface area contributed by atoms with Gasteiger partial charge < -0.3 is 10.6 Å². The molecular weight excluding hydrogens is 409 g/mol. The fourth-order valence-corrected chi connectivity index (χ4v) is 3.32. The summed E-state index contributed by atoms with van der Waals surface area (Å²) in [5, 5.41) is 6.83. The summed E-state index contributed by atoms with van der Waals surface area (Å²) in [5.41, 5.74) is 1.19. The molecular formula is C19H20Cl3N3O2. The highest BCUT2D eigenvalue weighted by molar-refractivity contribution is 6.39. The molecule has 5 nitrogen and oxygen atoms in total. The van der Waals surface area contributed by atoms with Gasteiger partial charge in [0.05, 0.1) is 34.9 Å². The summed E-state index contributed by atoms with van der Waals surface area (Å²) >= 11 is 18.2. The summed E-state index contributed by atoms with van der Waals surface area (Å²) in [7, 11) is 1.67. The molecule has 0 heterocycles. The lowest BCUT2D eigenvalue weighted by Crippen LogP contribution is -2.39. The zero-order valence-electron chi connectivity index (χ0n) is 14.9. The van der Waals surface area contributed by atoms with Gasteiger partial charge in [-0.05, 0) is 37.7 Å². The summed E-state index contributed by atoms with van der Waals surface area (Å²) in [6.45, 7) is 1.92. The van der Waals surface area contributed by atoms with Gasteiger partial charge in [0.2, 0.25) is 11.8 Å². The number of carbonyl (C=O) groups excluding carboxylic acids is 2. The van der Waals surface area contributed by atoms with Crippen molar-refractivity contribution in [2.75, 3.05) is 25.5 Å². The second-order valence-corrected chi connectivity index (χ2v) is 7.35. The third-order valence-corrected chi connectivity index (χ3v) is 4.78. The van der Waals surface area contributed by atoms with Crippen LogP contribution in [0.1, 0.15) is 18.5 Å². The molecule has 0 spiro atoms. The van der Waals surface area contributed by atoms with Crippen LogP contribution in [-0.2, 0) is 9.59 Å². The Morgan fingerprint density at radius 2 is 1.48 bits per heavy atom. The predicted molar refractivity (Wildman–Crippen MR) is 111 cm³/mol. The fraction of sp³-hybridized carbons (Fsp3) is 0.263. The van der Waals surface area contributed by atoms with Crippen LogP contribution in [0.25, 0.3) is 0 Å². The molecule has 2 amide bonds. The van der Waals surface area contributed by atoms with Crippen LogP contribution in [0.3, 0.4) is 0 Å². The van der Waals surface area contributed by atoms with Gasteiger partial charge in [0.25, 0.3) is 0 Å². The van der Waals surface area contributed by atoms with E-state index in [2.05, 4.69) is 10.6 Å². The van der Waals surface area contributed by atoms with E-state index >= 15 is 0 Å². The van der Waals surface area contributed by atoms with E-state index in [9.17, 15) is 9.59 Å². The molecule has 0 aliphatic rings. The molecule has 2 N–H and O–H groups in total. The number of anilines is 1. The number of amides is 2. The van der Waals surface area contributed by atoms with Crippen molar-refractivity contribution in [1.82, 2.24) is 10.2 Å². The molecule has 2 rings (SSSR count). The van der Waals surface area contributed by atoms with E-state index in [4.69, 9.17) is 34.8 Å². The van der Waals surface area contributed by atoms with Crippen molar-refractivity contribution in [3.63, 3.8) is 0 Å². The molecule has 1 atom stereocenters. The molecule has 0 saturated carbocycles. The van der Waals surface area contributed by atoms with Crippen LogP contribution in [0.15, 0.2) is 42.5 Å². The highest BCUT2D eigenvalue weighted by Crippen LogP contribution is 2.29. The fourth-order valence-electron chi connectivity index (χ4n) is 2.53. The Morgan fingerprint density at radius 1 is 0.926 bits per heavy atom. The van der Waals surface area contributed by atoms with Crippen molar-refractivity contribution in [2.24, 2.45) is 0 Å². The van der Waals surface area contributed by atoms with Gasteiger partial charge in [0.15, 0.2) is 0 Å². The Labute approximate surface area is 173 Å². The molecule has 0 aliphatic heterocycles. The van der Waals surface area contributed by atoms with Gasteiger partial charge in [-0.2, -0.15) is 0 Å². The van der Waals surface area contributed by atoms with Gasteiger partial charge in [-0.3, -0.25) is 14.5 Å². The molecule has 8 heteroatoms. The van der Waals surface area contributed by atoms with Crippen LogP contribution in [-0.4, -0.2) is 36.9 Å². The number of rotatable bonds is 7.